The Balaban J connectivity index is 1.70. The molecule has 0 radical (unpaired) electrons. The average molecular weight is 317 g/mol. The third kappa shape index (κ3) is 3.21. The maximum absolute atomic E-state index is 12.4. The van der Waals surface area contributed by atoms with Crippen molar-refractivity contribution in [3.8, 4) is 0 Å². The molecule has 2 N–H and O–H groups in total. The van der Waals surface area contributed by atoms with Crippen molar-refractivity contribution in [3.63, 3.8) is 0 Å². The molecule has 23 heavy (non-hydrogen) atoms. The second-order valence-electron chi connectivity index (χ2n) is 7.76. The van der Waals surface area contributed by atoms with Crippen molar-refractivity contribution in [2.75, 3.05) is 19.6 Å². The van der Waals surface area contributed by atoms with Gasteiger partial charge in [0.15, 0.2) is 0 Å². The molecule has 2 aliphatic heterocycles. The molecular formula is C18H27N3O2. The summed E-state index contributed by atoms with van der Waals surface area (Å²) in [4.78, 5) is 16.7. The second kappa shape index (κ2) is 5.80. The normalized spacial score (nSPS) is 27.5. The molecule has 5 heteroatoms. The highest BCUT2D eigenvalue weighted by Crippen LogP contribution is 2.40. The molecule has 1 amide bonds. The van der Waals surface area contributed by atoms with Gasteiger partial charge in [-0.1, -0.05) is 30.3 Å². The van der Waals surface area contributed by atoms with Gasteiger partial charge in [0.25, 0.3) is 0 Å². The molecule has 2 fully saturated rings. The summed E-state index contributed by atoms with van der Waals surface area (Å²) in [6.07, 6.45) is 0.729. The number of nitrogens with two attached hydrogens (primary N) is 1. The number of hydrogen-bond donors (Lipinski definition) is 1. The zero-order valence-corrected chi connectivity index (χ0v) is 14.3. The van der Waals surface area contributed by atoms with Gasteiger partial charge in [0.2, 0.25) is 0 Å². The fourth-order valence-electron chi connectivity index (χ4n) is 3.75. The monoisotopic (exact) mass is 317 g/mol. The SMILES string of the molecule is CC(C)(C)OC(=O)N1C[C@]2(CN)C[C@H]1CN2Cc1ccccc1. The molecule has 5 nitrogen and oxygen atoms in total. The Morgan fingerprint density at radius 1 is 1.35 bits per heavy atom. The van der Waals surface area contributed by atoms with E-state index >= 15 is 0 Å². The van der Waals surface area contributed by atoms with Crippen LogP contribution in [0.1, 0.15) is 32.8 Å². The summed E-state index contributed by atoms with van der Waals surface area (Å²) in [5, 5.41) is 0. The van der Waals surface area contributed by atoms with E-state index in [9.17, 15) is 4.79 Å². The van der Waals surface area contributed by atoms with Crippen LogP contribution in [-0.2, 0) is 11.3 Å². The molecule has 126 valence electrons. The van der Waals surface area contributed by atoms with Crippen LogP contribution in [0.25, 0.3) is 0 Å². The first kappa shape index (κ1) is 16.3. The fraction of sp³-hybridized carbons (Fsp3) is 0.611. The predicted molar refractivity (Wildman–Crippen MR) is 90.0 cm³/mol. The van der Waals surface area contributed by atoms with Gasteiger partial charge in [-0.2, -0.15) is 0 Å². The molecule has 0 aromatic heterocycles. The molecule has 1 aromatic rings. The number of likely N-dealkylation sites (tertiary alicyclic amines) is 2. The van der Waals surface area contributed by atoms with Crippen molar-refractivity contribution in [3.05, 3.63) is 35.9 Å². The van der Waals surface area contributed by atoms with Crippen molar-refractivity contribution in [2.24, 2.45) is 5.73 Å². The van der Waals surface area contributed by atoms with Crippen LogP contribution in [0.2, 0.25) is 0 Å². The molecule has 2 aliphatic rings. The molecule has 2 heterocycles. The maximum atomic E-state index is 12.4. The van der Waals surface area contributed by atoms with E-state index < -0.39 is 5.60 Å². The van der Waals surface area contributed by atoms with E-state index in [1.165, 1.54) is 5.56 Å². The minimum absolute atomic E-state index is 0.114. The lowest BCUT2D eigenvalue weighted by molar-refractivity contribution is 0.00267. The Labute approximate surface area is 138 Å². The maximum Gasteiger partial charge on any atom is 0.410 e. The Bertz CT molecular complexity index is 569. The van der Waals surface area contributed by atoms with Gasteiger partial charge in [0.05, 0.1) is 5.54 Å². The second-order valence-corrected chi connectivity index (χ2v) is 7.76. The van der Waals surface area contributed by atoms with E-state index in [1.807, 2.05) is 31.7 Å². The Kier molecular flexibility index (Phi) is 4.10. The van der Waals surface area contributed by atoms with Gasteiger partial charge in [-0.05, 0) is 32.8 Å². The van der Waals surface area contributed by atoms with E-state index in [1.54, 1.807) is 0 Å². The molecule has 3 rings (SSSR count). The molecule has 1 aromatic carbocycles. The molecule has 0 saturated carbocycles. The fourth-order valence-corrected chi connectivity index (χ4v) is 3.75. The number of amides is 1. The van der Waals surface area contributed by atoms with Gasteiger partial charge in [0, 0.05) is 32.2 Å². The molecule has 0 unspecified atom stereocenters. The number of carbonyl (C=O) groups is 1. The summed E-state index contributed by atoms with van der Waals surface area (Å²) in [5.41, 5.74) is 6.83. The van der Waals surface area contributed by atoms with Gasteiger partial charge < -0.3 is 15.4 Å². The van der Waals surface area contributed by atoms with Crippen molar-refractivity contribution >= 4 is 6.09 Å². The van der Waals surface area contributed by atoms with Gasteiger partial charge in [-0.3, -0.25) is 4.90 Å². The zero-order chi connectivity index (χ0) is 16.7. The van der Waals surface area contributed by atoms with E-state index in [4.69, 9.17) is 10.5 Å². The summed E-state index contributed by atoms with van der Waals surface area (Å²) in [5.74, 6) is 0. The smallest absolute Gasteiger partial charge is 0.410 e. The quantitative estimate of drug-likeness (QED) is 0.928. The predicted octanol–water partition coefficient (Wildman–Crippen LogP) is 2.21. The van der Waals surface area contributed by atoms with E-state index in [0.717, 1.165) is 19.5 Å². The van der Waals surface area contributed by atoms with Gasteiger partial charge in [0.1, 0.15) is 5.60 Å². The Hall–Kier alpha value is -1.59. The zero-order valence-electron chi connectivity index (χ0n) is 14.3. The summed E-state index contributed by atoms with van der Waals surface area (Å²) in [7, 11) is 0. The van der Waals surface area contributed by atoms with E-state index in [2.05, 4.69) is 29.2 Å². The highest BCUT2D eigenvalue weighted by atomic mass is 16.6. The molecule has 0 spiro atoms. The summed E-state index contributed by atoms with van der Waals surface area (Å²) in [6, 6.07) is 10.6. The number of ether oxygens (including phenoxy) is 1. The highest BCUT2D eigenvalue weighted by molar-refractivity contribution is 5.69. The van der Waals surface area contributed by atoms with Gasteiger partial charge in [-0.25, -0.2) is 4.79 Å². The van der Waals surface area contributed by atoms with Crippen LogP contribution in [0.4, 0.5) is 4.79 Å². The molecule has 2 saturated heterocycles. The van der Waals surface area contributed by atoms with Crippen LogP contribution < -0.4 is 5.73 Å². The molecule has 2 atom stereocenters. The van der Waals surface area contributed by atoms with Crippen molar-refractivity contribution < 1.29 is 9.53 Å². The lowest BCUT2D eigenvalue weighted by Gasteiger charge is -2.41. The lowest BCUT2D eigenvalue weighted by atomic mass is 9.98. The van der Waals surface area contributed by atoms with Crippen molar-refractivity contribution in [1.82, 2.24) is 9.80 Å². The number of carbonyl (C=O) groups excluding carboxylic acids is 1. The topological polar surface area (TPSA) is 58.8 Å². The van der Waals surface area contributed by atoms with E-state index in [-0.39, 0.29) is 17.7 Å². The third-order valence-corrected chi connectivity index (χ3v) is 4.85. The minimum atomic E-state index is -0.460. The summed E-state index contributed by atoms with van der Waals surface area (Å²) in [6.45, 7) is 8.69. The minimum Gasteiger partial charge on any atom is -0.444 e. The number of fused-ring (bicyclic) bond motifs is 2. The van der Waals surface area contributed by atoms with Crippen LogP contribution in [0.3, 0.4) is 0 Å². The Morgan fingerprint density at radius 3 is 2.65 bits per heavy atom. The lowest BCUT2D eigenvalue weighted by Crippen LogP contribution is -2.58. The first-order valence-corrected chi connectivity index (χ1v) is 8.32. The average Bonchev–Trinajstić information content (AvgIpc) is 3.02. The first-order chi connectivity index (χ1) is 10.8. The van der Waals surface area contributed by atoms with Crippen LogP contribution in [0.5, 0.6) is 0 Å². The van der Waals surface area contributed by atoms with Crippen LogP contribution in [0, 0.1) is 0 Å². The Morgan fingerprint density at radius 2 is 2.04 bits per heavy atom. The number of rotatable bonds is 3. The summed E-state index contributed by atoms with van der Waals surface area (Å²) < 4.78 is 5.54. The largest absolute Gasteiger partial charge is 0.444 e. The standard InChI is InChI=1S/C18H27N3O2/c1-17(2,3)23-16(22)21-13-18(12-19)9-15(21)11-20(18)10-14-7-5-4-6-8-14/h4-8,15H,9-13,19H2,1-3H3/t15-,18+/m0/s1. The molecule has 0 aliphatic carbocycles. The van der Waals surface area contributed by atoms with Crippen molar-refractivity contribution in [1.29, 1.82) is 0 Å². The van der Waals surface area contributed by atoms with E-state index in [0.29, 0.717) is 13.1 Å². The van der Waals surface area contributed by atoms with Gasteiger partial charge >= 0.3 is 6.09 Å². The van der Waals surface area contributed by atoms with Crippen LogP contribution >= 0.6 is 0 Å². The van der Waals surface area contributed by atoms with Gasteiger partial charge in [-0.15, -0.1) is 0 Å². The molecule has 2 bridgehead atoms. The number of nitrogens with zero attached hydrogens (tertiary/aromatic N) is 2. The molecular weight excluding hydrogens is 290 g/mol. The number of piperazine rings is 1. The third-order valence-electron chi connectivity index (χ3n) is 4.85. The number of benzene rings is 1. The summed E-state index contributed by atoms with van der Waals surface area (Å²) >= 11 is 0. The van der Waals surface area contributed by atoms with Crippen molar-refractivity contribution in [2.45, 2.75) is 50.9 Å². The number of hydrogen-bond acceptors (Lipinski definition) is 4. The highest BCUT2D eigenvalue weighted by Gasteiger charge is 2.55. The van der Waals surface area contributed by atoms with Crippen LogP contribution in [-0.4, -0.2) is 52.7 Å². The first-order valence-electron chi connectivity index (χ1n) is 8.32. The van der Waals surface area contributed by atoms with Crippen LogP contribution in [0.15, 0.2) is 30.3 Å².